The van der Waals surface area contributed by atoms with Gasteiger partial charge in [-0.05, 0) is 50.8 Å². The van der Waals surface area contributed by atoms with Crippen LogP contribution in [0.2, 0.25) is 0 Å². The lowest BCUT2D eigenvalue weighted by atomic mass is 9.81. The third kappa shape index (κ3) is 3.71. The number of hydrogen-bond acceptors (Lipinski definition) is 3. The van der Waals surface area contributed by atoms with Crippen LogP contribution in [-0.4, -0.2) is 31.1 Å². The summed E-state index contributed by atoms with van der Waals surface area (Å²) in [5.74, 6) is 0.652. The van der Waals surface area contributed by atoms with Crippen LogP contribution in [0.1, 0.15) is 63.5 Å². The maximum absolute atomic E-state index is 12.8. The minimum Gasteiger partial charge on any atom is -0.378 e. The van der Waals surface area contributed by atoms with Crippen LogP contribution < -0.4 is 4.90 Å². The van der Waals surface area contributed by atoms with E-state index in [0.29, 0.717) is 12.2 Å². The number of fused-ring (bicyclic) bond motifs is 1. The lowest BCUT2D eigenvalue weighted by Crippen LogP contribution is -2.31. The number of nitrogens with zero attached hydrogens (tertiary/aromatic N) is 2. The van der Waals surface area contributed by atoms with Gasteiger partial charge >= 0.3 is 0 Å². The van der Waals surface area contributed by atoms with Gasteiger partial charge in [-0.25, -0.2) is 0 Å². The van der Waals surface area contributed by atoms with E-state index in [9.17, 15) is 4.79 Å². The monoisotopic (exact) mass is 326 g/mol. The predicted octanol–water partition coefficient (Wildman–Crippen LogP) is 4.42. The van der Waals surface area contributed by atoms with Gasteiger partial charge in [0.05, 0.1) is 11.3 Å². The van der Waals surface area contributed by atoms with Crippen LogP contribution in [0.4, 0.5) is 5.69 Å². The zero-order chi connectivity index (χ0) is 17.3. The van der Waals surface area contributed by atoms with Gasteiger partial charge in [-0.3, -0.25) is 9.79 Å². The first-order valence-electron chi connectivity index (χ1n) is 9.28. The molecular weight excluding hydrogens is 296 g/mol. The van der Waals surface area contributed by atoms with Gasteiger partial charge in [0, 0.05) is 37.7 Å². The van der Waals surface area contributed by atoms with Crippen molar-refractivity contribution in [2.75, 3.05) is 19.0 Å². The molecule has 1 fully saturated rings. The quantitative estimate of drug-likeness (QED) is 0.820. The molecule has 1 aliphatic heterocycles. The van der Waals surface area contributed by atoms with E-state index in [2.05, 4.69) is 51.0 Å². The van der Waals surface area contributed by atoms with Gasteiger partial charge < -0.3 is 4.90 Å². The van der Waals surface area contributed by atoms with Crippen LogP contribution in [0.25, 0.3) is 0 Å². The van der Waals surface area contributed by atoms with Crippen molar-refractivity contribution >= 4 is 17.2 Å². The predicted molar refractivity (Wildman–Crippen MR) is 101 cm³/mol. The van der Waals surface area contributed by atoms with E-state index in [0.717, 1.165) is 25.0 Å². The van der Waals surface area contributed by atoms with E-state index in [-0.39, 0.29) is 11.5 Å². The normalized spacial score (nSPS) is 20.2. The average Bonchev–Trinajstić information content (AvgIpc) is 2.54. The van der Waals surface area contributed by atoms with Crippen molar-refractivity contribution in [3.05, 3.63) is 29.3 Å². The molecule has 0 N–H and O–H groups in total. The Morgan fingerprint density at radius 1 is 1.21 bits per heavy atom. The van der Waals surface area contributed by atoms with Gasteiger partial charge in [0.1, 0.15) is 5.78 Å². The van der Waals surface area contributed by atoms with Gasteiger partial charge in [0.25, 0.3) is 0 Å². The Bertz CT molecular complexity index is 652. The third-order valence-electron chi connectivity index (χ3n) is 5.38. The Hall–Kier alpha value is -1.64. The minimum atomic E-state index is -0.116. The van der Waals surface area contributed by atoms with Gasteiger partial charge in [-0.15, -0.1) is 0 Å². The number of carbonyl (C=O) groups excluding carboxylic acids is 1. The van der Waals surface area contributed by atoms with Gasteiger partial charge in [-0.1, -0.05) is 25.3 Å². The molecule has 1 aromatic carbocycles. The SMILES string of the molecule is CN(C)c1ccc2c(c1)C(CC(=O)C1CCCCC1)=NC(C)(C)C2. The largest absolute Gasteiger partial charge is 0.378 e. The van der Waals surface area contributed by atoms with E-state index in [4.69, 9.17) is 4.99 Å². The first-order chi connectivity index (χ1) is 11.4. The maximum atomic E-state index is 12.8. The number of benzene rings is 1. The maximum Gasteiger partial charge on any atom is 0.141 e. The highest BCUT2D eigenvalue weighted by Gasteiger charge is 2.30. The first kappa shape index (κ1) is 17.2. The molecule has 0 atom stereocenters. The fraction of sp³-hybridized carbons (Fsp3) is 0.619. The Balaban J connectivity index is 1.89. The summed E-state index contributed by atoms with van der Waals surface area (Å²) >= 11 is 0. The molecule has 2 aliphatic rings. The first-order valence-corrected chi connectivity index (χ1v) is 9.28. The number of rotatable bonds is 4. The van der Waals surface area contributed by atoms with Crippen molar-refractivity contribution in [3.8, 4) is 0 Å². The van der Waals surface area contributed by atoms with Crippen LogP contribution in [0.5, 0.6) is 0 Å². The Labute approximate surface area is 146 Å². The topological polar surface area (TPSA) is 32.7 Å². The molecule has 1 saturated carbocycles. The molecule has 3 rings (SSSR count). The van der Waals surface area contributed by atoms with E-state index in [1.165, 1.54) is 36.1 Å². The molecule has 1 aromatic rings. The highest BCUT2D eigenvalue weighted by Crippen LogP contribution is 2.32. The number of aliphatic imine (C=N–C) groups is 1. The van der Waals surface area contributed by atoms with Crippen molar-refractivity contribution in [1.29, 1.82) is 0 Å². The fourth-order valence-electron chi connectivity index (χ4n) is 4.07. The summed E-state index contributed by atoms with van der Waals surface area (Å²) in [6.45, 7) is 4.34. The average molecular weight is 326 g/mol. The highest BCUT2D eigenvalue weighted by molar-refractivity contribution is 6.13. The van der Waals surface area contributed by atoms with E-state index in [1.807, 2.05) is 0 Å². The fourth-order valence-corrected chi connectivity index (χ4v) is 4.07. The smallest absolute Gasteiger partial charge is 0.141 e. The summed E-state index contributed by atoms with van der Waals surface area (Å²) in [6, 6.07) is 6.59. The van der Waals surface area contributed by atoms with Crippen molar-refractivity contribution in [1.82, 2.24) is 0 Å². The molecule has 3 heteroatoms. The van der Waals surface area contributed by atoms with Crippen LogP contribution >= 0.6 is 0 Å². The molecule has 130 valence electrons. The highest BCUT2D eigenvalue weighted by atomic mass is 16.1. The molecule has 1 heterocycles. The summed E-state index contributed by atoms with van der Waals surface area (Å²) in [4.78, 5) is 19.9. The number of Topliss-reactive ketones (excluding diaryl/α,β-unsaturated/α-hetero) is 1. The van der Waals surface area contributed by atoms with Crippen LogP contribution in [-0.2, 0) is 11.2 Å². The molecule has 0 unspecified atom stereocenters. The van der Waals surface area contributed by atoms with Crippen molar-refractivity contribution < 1.29 is 4.79 Å². The molecule has 24 heavy (non-hydrogen) atoms. The number of anilines is 1. The summed E-state index contributed by atoms with van der Waals surface area (Å²) in [5, 5.41) is 0. The lowest BCUT2D eigenvalue weighted by Gasteiger charge is -2.30. The van der Waals surface area contributed by atoms with Gasteiger partial charge in [0.2, 0.25) is 0 Å². The molecule has 3 nitrogen and oxygen atoms in total. The van der Waals surface area contributed by atoms with Gasteiger partial charge in [0.15, 0.2) is 0 Å². The lowest BCUT2D eigenvalue weighted by molar-refractivity contribution is -0.122. The van der Waals surface area contributed by atoms with E-state index >= 15 is 0 Å². The molecule has 0 bridgehead atoms. The van der Waals surface area contributed by atoms with Crippen LogP contribution in [0, 0.1) is 5.92 Å². The molecule has 1 aliphatic carbocycles. The van der Waals surface area contributed by atoms with E-state index < -0.39 is 0 Å². The summed E-state index contributed by atoms with van der Waals surface area (Å²) in [5.41, 5.74) is 4.57. The van der Waals surface area contributed by atoms with Gasteiger partial charge in [-0.2, -0.15) is 0 Å². The van der Waals surface area contributed by atoms with Crippen LogP contribution in [0.3, 0.4) is 0 Å². The van der Waals surface area contributed by atoms with Crippen LogP contribution in [0.15, 0.2) is 23.2 Å². The summed E-state index contributed by atoms with van der Waals surface area (Å²) in [7, 11) is 4.11. The molecule has 0 aromatic heterocycles. The zero-order valence-electron chi connectivity index (χ0n) is 15.6. The number of ketones is 1. The molecule has 0 saturated heterocycles. The second-order valence-corrected chi connectivity index (χ2v) is 8.26. The summed E-state index contributed by atoms with van der Waals surface area (Å²) in [6.07, 6.45) is 7.27. The Morgan fingerprint density at radius 3 is 2.58 bits per heavy atom. The number of hydrogen-bond donors (Lipinski definition) is 0. The third-order valence-corrected chi connectivity index (χ3v) is 5.38. The molecule has 0 radical (unpaired) electrons. The zero-order valence-corrected chi connectivity index (χ0v) is 15.6. The Morgan fingerprint density at radius 2 is 1.92 bits per heavy atom. The van der Waals surface area contributed by atoms with Crippen molar-refractivity contribution in [2.45, 2.75) is 64.3 Å². The molecule has 0 spiro atoms. The molecular formula is C21H30N2O. The van der Waals surface area contributed by atoms with E-state index in [1.54, 1.807) is 0 Å². The van der Waals surface area contributed by atoms with Crippen molar-refractivity contribution in [2.24, 2.45) is 10.9 Å². The number of carbonyl (C=O) groups is 1. The second-order valence-electron chi connectivity index (χ2n) is 8.26. The Kier molecular flexibility index (Phi) is 4.80. The molecule has 0 amide bonds. The van der Waals surface area contributed by atoms with Crippen molar-refractivity contribution in [3.63, 3.8) is 0 Å². The second kappa shape index (κ2) is 6.70. The standard InChI is InChI=1S/C21H30N2O/c1-21(2)14-16-10-11-17(23(3)4)12-18(16)19(22-21)13-20(24)15-8-6-5-7-9-15/h10-12,15H,5-9,13-14H2,1-4H3. The summed E-state index contributed by atoms with van der Waals surface area (Å²) < 4.78 is 0. The minimum absolute atomic E-state index is 0.116.